The number of hydrogen-bond donors (Lipinski definition) is 3. The number of hydrogen-bond acceptors (Lipinski definition) is 6. The van der Waals surface area contributed by atoms with E-state index >= 15 is 0 Å². The lowest BCUT2D eigenvalue weighted by molar-refractivity contribution is -0.126. The fourth-order valence-corrected chi connectivity index (χ4v) is 4.60. The van der Waals surface area contributed by atoms with Gasteiger partial charge in [0.1, 0.15) is 17.9 Å². The monoisotopic (exact) mass is 425 g/mol. The lowest BCUT2D eigenvalue weighted by atomic mass is 9.91. The first-order valence-electron chi connectivity index (χ1n) is 9.73. The van der Waals surface area contributed by atoms with Gasteiger partial charge in [-0.3, -0.25) is 14.2 Å². The molecule has 0 radical (unpaired) electrons. The van der Waals surface area contributed by atoms with Crippen LogP contribution in [-0.4, -0.2) is 59.8 Å². The molecule has 1 aliphatic heterocycles. The second-order valence-electron chi connectivity index (χ2n) is 7.70. The third-order valence-corrected chi connectivity index (χ3v) is 6.73. The average Bonchev–Trinajstić information content (AvgIpc) is 3.15. The van der Waals surface area contributed by atoms with Gasteiger partial charge in [0.2, 0.25) is 5.91 Å². The molecule has 29 heavy (non-hydrogen) atoms. The lowest BCUT2D eigenvalue weighted by Crippen LogP contribution is -2.50. The Labute approximate surface area is 170 Å². The predicted octanol–water partition coefficient (Wildman–Crippen LogP) is 1.04. The van der Waals surface area contributed by atoms with Crippen LogP contribution in [0.5, 0.6) is 0 Å². The third kappa shape index (κ3) is 5.68. The number of likely N-dealkylation sites (tertiary alicyclic amines) is 1. The van der Waals surface area contributed by atoms with E-state index in [4.69, 9.17) is 10.5 Å². The highest BCUT2D eigenvalue weighted by molar-refractivity contribution is 7.86. The van der Waals surface area contributed by atoms with E-state index in [1.54, 1.807) is 24.3 Å². The molecule has 1 saturated heterocycles. The van der Waals surface area contributed by atoms with Crippen LogP contribution in [0.25, 0.3) is 0 Å². The molecule has 1 aromatic carbocycles. The van der Waals surface area contributed by atoms with Crippen LogP contribution in [0.4, 0.5) is 4.79 Å². The molecule has 0 bridgehead atoms. The fourth-order valence-electron chi connectivity index (χ4n) is 3.83. The zero-order valence-corrected chi connectivity index (χ0v) is 16.9. The van der Waals surface area contributed by atoms with Crippen molar-refractivity contribution in [2.45, 2.75) is 62.1 Å². The molecule has 2 fully saturated rings. The molecule has 3 rings (SSSR count). The number of amides is 2. The molecule has 4 N–H and O–H groups in total. The molecule has 1 aromatic rings. The number of nitrogens with one attached hydrogen (secondary N) is 1. The van der Waals surface area contributed by atoms with Gasteiger partial charge in [-0.2, -0.15) is 8.42 Å². The number of carbonyl (C=O) groups is 2. The van der Waals surface area contributed by atoms with Gasteiger partial charge in [-0.05, 0) is 37.7 Å². The Morgan fingerprint density at radius 2 is 1.83 bits per heavy atom. The Morgan fingerprint density at radius 3 is 2.45 bits per heavy atom. The van der Waals surface area contributed by atoms with Crippen molar-refractivity contribution >= 4 is 22.1 Å². The van der Waals surface area contributed by atoms with E-state index in [2.05, 4.69) is 5.32 Å². The summed E-state index contributed by atoms with van der Waals surface area (Å²) in [6, 6.07) is 8.07. The SMILES string of the molecule is NC1CCC(NC(=O)[C@@H]2C[C@H](S(=O)(=O)O)CN2C(=O)OCc2ccccc2)CC1. The largest absolute Gasteiger partial charge is 0.445 e. The highest BCUT2D eigenvalue weighted by Crippen LogP contribution is 2.25. The van der Waals surface area contributed by atoms with Crippen LogP contribution >= 0.6 is 0 Å². The Balaban J connectivity index is 1.66. The number of benzene rings is 1. The fraction of sp³-hybridized carbons (Fsp3) is 0.579. The van der Waals surface area contributed by atoms with Gasteiger partial charge in [0, 0.05) is 18.6 Å². The summed E-state index contributed by atoms with van der Waals surface area (Å²) >= 11 is 0. The number of ether oxygens (including phenoxy) is 1. The first-order valence-corrected chi connectivity index (χ1v) is 11.2. The minimum absolute atomic E-state index is 0.00156. The summed E-state index contributed by atoms with van der Waals surface area (Å²) in [7, 11) is -4.39. The van der Waals surface area contributed by atoms with E-state index < -0.39 is 33.4 Å². The van der Waals surface area contributed by atoms with Gasteiger partial charge in [0.25, 0.3) is 10.1 Å². The summed E-state index contributed by atoms with van der Waals surface area (Å²) in [6.45, 7) is -0.290. The minimum atomic E-state index is -4.39. The Hall–Kier alpha value is -2.17. The summed E-state index contributed by atoms with van der Waals surface area (Å²) in [5, 5.41) is 1.67. The maximum atomic E-state index is 12.8. The predicted molar refractivity (Wildman–Crippen MR) is 105 cm³/mol. The van der Waals surface area contributed by atoms with Gasteiger partial charge < -0.3 is 15.8 Å². The van der Waals surface area contributed by atoms with Crippen molar-refractivity contribution < 1.29 is 27.3 Å². The summed E-state index contributed by atoms with van der Waals surface area (Å²) in [4.78, 5) is 26.4. The first-order chi connectivity index (χ1) is 13.7. The molecular formula is C19H27N3O6S. The van der Waals surface area contributed by atoms with Crippen LogP contribution in [0.1, 0.15) is 37.7 Å². The summed E-state index contributed by atoms with van der Waals surface area (Å²) < 4.78 is 37.9. The number of nitrogens with two attached hydrogens (primary N) is 1. The molecule has 2 amide bonds. The second kappa shape index (κ2) is 9.10. The Bertz CT molecular complexity index is 824. The highest BCUT2D eigenvalue weighted by Gasteiger charge is 2.45. The zero-order valence-electron chi connectivity index (χ0n) is 16.1. The van der Waals surface area contributed by atoms with Crippen LogP contribution < -0.4 is 11.1 Å². The molecule has 0 spiro atoms. The van der Waals surface area contributed by atoms with Crippen molar-refractivity contribution in [2.24, 2.45) is 5.73 Å². The molecular weight excluding hydrogens is 398 g/mol. The third-order valence-electron chi connectivity index (χ3n) is 5.54. The van der Waals surface area contributed by atoms with Crippen molar-refractivity contribution in [3.63, 3.8) is 0 Å². The van der Waals surface area contributed by atoms with E-state index in [9.17, 15) is 22.6 Å². The van der Waals surface area contributed by atoms with Crippen molar-refractivity contribution in [1.29, 1.82) is 0 Å². The van der Waals surface area contributed by atoms with E-state index in [0.29, 0.717) is 0 Å². The molecule has 9 nitrogen and oxygen atoms in total. The topological polar surface area (TPSA) is 139 Å². The van der Waals surface area contributed by atoms with E-state index in [0.717, 1.165) is 36.1 Å². The van der Waals surface area contributed by atoms with Crippen molar-refractivity contribution in [3.8, 4) is 0 Å². The van der Waals surface area contributed by atoms with Gasteiger partial charge in [-0.15, -0.1) is 0 Å². The summed E-state index contributed by atoms with van der Waals surface area (Å²) in [6.07, 6.45) is 2.11. The van der Waals surface area contributed by atoms with Crippen LogP contribution in [0, 0.1) is 0 Å². The normalized spacial score (nSPS) is 27.4. The molecule has 10 heteroatoms. The molecule has 2 atom stereocenters. The quantitative estimate of drug-likeness (QED) is 0.599. The van der Waals surface area contributed by atoms with Crippen LogP contribution in [0.3, 0.4) is 0 Å². The smallest absolute Gasteiger partial charge is 0.410 e. The van der Waals surface area contributed by atoms with Gasteiger partial charge in [0.15, 0.2) is 0 Å². The molecule has 160 valence electrons. The van der Waals surface area contributed by atoms with Gasteiger partial charge in [-0.1, -0.05) is 30.3 Å². The number of carbonyl (C=O) groups excluding carboxylic acids is 2. The van der Waals surface area contributed by atoms with E-state index in [-0.39, 0.29) is 31.7 Å². The Kier molecular flexibility index (Phi) is 6.76. The van der Waals surface area contributed by atoms with Crippen LogP contribution in [-0.2, 0) is 26.3 Å². The van der Waals surface area contributed by atoms with Crippen molar-refractivity contribution in [2.75, 3.05) is 6.54 Å². The van der Waals surface area contributed by atoms with Crippen molar-refractivity contribution in [3.05, 3.63) is 35.9 Å². The van der Waals surface area contributed by atoms with Crippen molar-refractivity contribution in [1.82, 2.24) is 10.2 Å². The average molecular weight is 426 g/mol. The number of nitrogens with zero attached hydrogens (tertiary/aromatic N) is 1. The van der Waals surface area contributed by atoms with Gasteiger partial charge >= 0.3 is 6.09 Å². The molecule has 0 unspecified atom stereocenters. The van der Waals surface area contributed by atoms with Gasteiger partial charge in [-0.25, -0.2) is 4.79 Å². The van der Waals surface area contributed by atoms with Crippen LogP contribution in [0.15, 0.2) is 30.3 Å². The van der Waals surface area contributed by atoms with Crippen LogP contribution in [0.2, 0.25) is 0 Å². The molecule has 0 aromatic heterocycles. The van der Waals surface area contributed by atoms with E-state index in [1.807, 2.05) is 6.07 Å². The summed E-state index contributed by atoms with van der Waals surface area (Å²) in [5.74, 6) is -0.437. The maximum Gasteiger partial charge on any atom is 0.410 e. The molecule has 2 aliphatic rings. The standard InChI is InChI=1S/C19H27N3O6S/c20-14-6-8-15(9-7-14)21-18(23)17-10-16(29(25,26)27)11-22(17)19(24)28-12-13-4-2-1-3-5-13/h1-5,14-17H,6-12,20H2,(H,21,23)(H,25,26,27)/t14?,15?,16-,17-/m0/s1. The molecule has 1 heterocycles. The summed E-state index contributed by atoms with van der Waals surface area (Å²) in [5.41, 5.74) is 6.65. The maximum absolute atomic E-state index is 12.8. The zero-order chi connectivity index (χ0) is 21.0. The number of rotatable bonds is 5. The molecule has 1 saturated carbocycles. The minimum Gasteiger partial charge on any atom is -0.445 e. The van der Waals surface area contributed by atoms with E-state index in [1.165, 1.54) is 0 Å². The molecule has 1 aliphatic carbocycles. The van der Waals surface area contributed by atoms with Gasteiger partial charge in [0.05, 0.1) is 0 Å². The lowest BCUT2D eigenvalue weighted by Gasteiger charge is -2.29. The Morgan fingerprint density at radius 1 is 1.17 bits per heavy atom. The highest BCUT2D eigenvalue weighted by atomic mass is 32.2. The second-order valence-corrected chi connectivity index (χ2v) is 9.40. The first kappa shape index (κ1) is 21.5.